The molecule has 8 heteroatoms. The monoisotopic (exact) mass is 512 g/mol. The second kappa shape index (κ2) is 20.1. The number of carboxylic acid groups (broad SMARTS) is 1. The van der Waals surface area contributed by atoms with E-state index in [2.05, 4.69) is 20.8 Å². The van der Waals surface area contributed by atoms with E-state index in [1.807, 2.05) is 59.7 Å². The maximum Gasteiger partial charge on any atom is 1.00 e. The summed E-state index contributed by atoms with van der Waals surface area (Å²) in [6.45, 7) is 12.0. The second-order valence-corrected chi connectivity index (χ2v) is 5.40. The Morgan fingerprint density at radius 1 is 0.765 bits per heavy atom. The zero-order valence-electron chi connectivity index (χ0n) is 20.4. The van der Waals surface area contributed by atoms with Gasteiger partial charge in [-0.05, 0) is 18.2 Å². The molecule has 0 heterocycles. The van der Waals surface area contributed by atoms with E-state index in [1.165, 1.54) is 12.1 Å². The van der Waals surface area contributed by atoms with Crippen molar-refractivity contribution in [1.82, 2.24) is 0 Å². The standard InChI is InChI=1S/C20H16N4O3.3C2H6.Cu/c25-18-13-7-6-12-17(18)22-24-19(14-8-2-1-3-9-14)23-21-16-11-5-4-10-15(16)20(26)27;3*1-2;/h1-13H,(H3,21,22,23,24,25,26,27);3*1-2H3;/q;;;;+1/p-1. The summed E-state index contributed by atoms with van der Waals surface area (Å²) >= 11 is 0. The number of amidine groups is 1. The zero-order chi connectivity index (χ0) is 25.1. The van der Waals surface area contributed by atoms with Gasteiger partial charge >= 0.3 is 23.0 Å². The summed E-state index contributed by atoms with van der Waals surface area (Å²) in [6.07, 6.45) is 0. The molecule has 3 aromatic rings. The molecule has 0 aliphatic heterocycles. The van der Waals surface area contributed by atoms with Gasteiger partial charge in [0.05, 0.1) is 5.56 Å². The molecule has 0 amide bonds. The van der Waals surface area contributed by atoms with Gasteiger partial charge < -0.3 is 20.7 Å². The van der Waals surface area contributed by atoms with E-state index in [4.69, 9.17) is 0 Å². The molecule has 0 aromatic heterocycles. The SMILES string of the molecule is CC.CC.CC.O=C(O)c1ccccc1N=NC(=N[N-]c1ccccc1O)c1ccccc1.[Cu+]. The van der Waals surface area contributed by atoms with Crippen molar-refractivity contribution in [3.63, 3.8) is 0 Å². The zero-order valence-corrected chi connectivity index (χ0v) is 21.3. The third-order valence-electron chi connectivity index (χ3n) is 3.55. The average molecular weight is 513 g/mol. The van der Waals surface area contributed by atoms with Crippen LogP contribution in [0.3, 0.4) is 0 Å². The third kappa shape index (κ3) is 10.9. The van der Waals surface area contributed by atoms with Crippen LogP contribution in [0.1, 0.15) is 57.5 Å². The average Bonchev–Trinajstić information content (AvgIpc) is 2.89. The molecule has 3 aromatic carbocycles. The molecule has 0 spiro atoms. The normalized spacial score (nSPS) is 9.65. The number of hydrogen-bond donors (Lipinski definition) is 2. The molecule has 0 saturated carbocycles. The second-order valence-electron chi connectivity index (χ2n) is 5.40. The number of nitrogens with zero attached hydrogens (tertiary/aromatic N) is 4. The van der Waals surface area contributed by atoms with Gasteiger partial charge in [0.15, 0.2) is 5.84 Å². The molecule has 0 atom stereocenters. The van der Waals surface area contributed by atoms with Gasteiger partial charge in [0.2, 0.25) is 0 Å². The quantitative estimate of drug-likeness (QED) is 0.118. The van der Waals surface area contributed by atoms with Crippen molar-refractivity contribution in [2.75, 3.05) is 0 Å². The Hall–Kier alpha value is -3.48. The number of carboxylic acids is 1. The fourth-order valence-corrected chi connectivity index (χ4v) is 2.22. The Labute approximate surface area is 213 Å². The molecule has 0 aliphatic carbocycles. The summed E-state index contributed by atoms with van der Waals surface area (Å²) in [5.41, 5.74) is 5.19. The van der Waals surface area contributed by atoms with Crippen LogP contribution >= 0.6 is 0 Å². The van der Waals surface area contributed by atoms with Crippen LogP contribution in [-0.4, -0.2) is 22.0 Å². The van der Waals surface area contributed by atoms with E-state index in [0.717, 1.165) is 0 Å². The molecule has 3 rings (SSSR count). The number of aromatic carboxylic acids is 1. The van der Waals surface area contributed by atoms with E-state index in [9.17, 15) is 15.0 Å². The molecule has 2 N–H and O–H groups in total. The fraction of sp³-hybridized carbons (Fsp3) is 0.231. The van der Waals surface area contributed by atoms with Crippen LogP contribution in [-0.2, 0) is 17.1 Å². The first-order valence-electron chi connectivity index (χ1n) is 11.0. The summed E-state index contributed by atoms with van der Waals surface area (Å²) in [4.78, 5) is 11.3. The van der Waals surface area contributed by atoms with Gasteiger partial charge in [0.1, 0.15) is 11.4 Å². The summed E-state index contributed by atoms with van der Waals surface area (Å²) in [5, 5.41) is 31.3. The van der Waals surface area contributed by atoms with Crippen LogP contribution < -0.4 is 0 Å². The van der Waals surface area contributed by atoms with Crippen molar-refractivity contribution < 1.29 is 32.1 Å². The molecular formula is C26H33CuN4O3. The van der Waals surface area contributed by atoms with Gasteiger partial charge in [-0.15, -0.1) is 10.2 Å². The maximum absolute atomic E-state index is 11.3. The smallest absolute Gasteiger partial charge is 0.571 e. The largest absolute Gasteiger partial charge is 1.00 e. The van der Waals surface area contributed by atoms with Crippen LogP contribution in [0.15, 0.2) is 94.2 Å². The molecule has 0 bridgehead atoms. The minimum absolute atomic E-state index is 0. The predicted molar refractivity (Wildman–Crippen MR) is 136 cm³/mol. The first kappa shape index (κ1) is 32.7. The topological polar surface area (TPSA) is 109 Å². The Morgan fingerprint density at radius 3 is 1.88 bits per heavy atom. The van der Waals surface area contributed by atoms with Crippen LogP contribution in [0, 0.1) is 0 Å². The van der Waals surface area contributed by atoms with Crippen LogP contribution in [0.2, 0.25) is 0 Å². The summed E-state index contributed by atoms with van der Waals surface area (Å²) in [7, 11) is 0. The Kier molecular flexibility index (Phi) is 19.4. The first-order chi connectivity index (χ1) is 16.1. The van der Waals surface area contributed by atoms with E-state index in [1.54, 1.807) is 48.5 Å². The number of phenols is 1. The summed E-state index contributed by atoms with van der Waals surface area (Å²) < 4.78 is 0. The van der Waals surface area contributed by atoms with E-state index < -0.39 is 5.97 Å². The number of para-hydroxylation sites is 1. The van der Waals surface area contributed by atoms with Crippen LogP contribution in [0.4, 0.5) is 11.4 Å². The summed E-state index contributed by atoms with van der Waals surface area (Å²) in [6, 6.07) is 21.8. The molecule has 186 valence electrons. The number of azo groups is 1. The number of carbonyl (C=O) groups is 1. The van der Waals surface area contributed by atoms with E-state index >= 15 is 0 Å². The van der Waals surface area contributed by atoms with Gasteiger partial charge in [-0.25, -0.2) is 4.79 Å². The van der Waals surface area contributed by atoms with Crippen molar-refractivity contribution in [2.24, 2.45) is 15.3 Å². The molecule has 7 nitrogen and oxygen atoms in total. The van der Waals surface area contributed by atoms with Gasteiger partial charge in [-0.2, -0.15) is 0 Å². The number of rotatable bonds is 5. The number of phenolic OH excluding ortho intramolecular Hbond substituents is 1. The van der Waals surface area contributed by atoms with Crippen molar-refractivity contribution in [2.45, 2.75) is 41.5 Å². The Bertz CT molecular complexity index is 1010. The number of aromatic hydroxyl groups is 1. The number of benzene rings is 3. The maximum atomic E-state index is 11.3. The molecule has 0 saturated heterocycles. The van der Waals surface area contributed by atoms with Crippen molar-refractivity contribution in [3.8, 4) is 5.75 Å². The molecule has 34 heavy (non-hydrogen) atoms. The number of hydrogen-bond acceptors (Lipinski definition) is 4. The van der Waals surface area contributed by atoms with Crippen molar-refractivity contribution in [3.05, 3.63) is 95.4 Å². The van der Waals surface area contributed by atoms with E-state index in [-0.39, 0.29) is 45.6 Å². The van der Waals surface area contributed by atoms with Crippen molar-refractivity contribution in [1.29, 1.82) is 0 Å². The van der Waals surface area contributed by atoms with Gasteiger partial charge in [-0.3, -0.25) is 0 Å². The van der Waals surface area contributed by atoms with Crippen molar-refractivity contribution >= 4 is 23.2 Å². The predicted octanol–water partition coefficient (Wildman–Crippen LogP) is 8.32. The Morgan fingerprint density at radius 2 is 1.29 bits per heavy atom. The molecular weight excluding hydrogens is 480 g/mol. The first-order valence-corrected chi connectivity index (χ1v) is 11.0. The summed E-state index contributed by atoms with van der Waals surface area (Å²) in [5.74, 6) is -0.928. The minimum atomic E-state index is -1.10. The fourth-order valence-electron chi connectivity index (χ4n) is 2.22. The molecule has 0 radical (unpaired) electrons. The van der Waals surface area contributed by atoms with E-state index in [0.29, 0.717) is 5.56 Å². The molecule has 0 unspecified atom stereocenters. The Balaban J connectivity index is 0. The third-order valence-corrected chi connectivity index (χ3v) is 3.55. The van der Waals surface area contributed by atoms with Gasteiger partial charge in [0, 0.05) is 5.56 Å². The van der Waals surface area contributed by atoms with Crippen LogP contribution in [0.25, 0.3) is 5.43 Å². The molecule has 0 aliphatic rings. The molecule has 0 fully saturated rings. The van der Waals surface area contributed by atoms with Gasteiger partial charge in [-0.1, -0.05) is 108 Å². The van der Waals surface area contributed by atoms with Gasteiger partial charge in [0.25, 0.3) is 0 Å². The minimum Gasteiger partial charge on any atom is -0.571 e. The van der Waals surface area contributed by atoms with Crippen LogP contribution in [0.5, 0.6) is 5.75 Å².